The summed E-state index contributed by atoms with van der Waals surface area (Å²) in [5.41, 5.74) is 0. The lowest BCUT2D eigenvalue weighted by molar-refractivity contribution is -0.116. The highest BCUT2D eigenvalue weighted by atomic mass is 32.1. The van der Waals surface area contributed by atoms with Gasteiger partial charge in [-0.1, -0.05) is 0 Å². The molecule has 0 unspecified atom stereocenters. The predicted octanol–water partition coefficient (Wildman–Crippen LogP) is 1.76. The minimum absolute atomic E-state index is 0.664. The monoisotopic (exact) mass is 139 g/mol. The van der Waals surface area contributed by atoms with Crippen LogP contribution in [0.3, 0.4) is 0 Å². The molecule has 0 bridgehead atoms. The topological polar surface area (TPSA) is 17.1 Å². The second-order valence-corrected chi connectivity index (χ2v) is 2.07. The number of hydrogen-bond donors (Lipinski definition) is 0. The second kappa shape index (κ2) is 2.35. The Morgan fingerprint density at radius 2 is 2.12 bits per heavy atom. The third-order valence-electron chi connectivity index (χ3n) is 0.455. The summed E-state index contributed by atoms with van der Waals surface area (Å²) in [4.78, 5) is 9.79. The van der Waals surface area contributed by atoms with Crippen molar-refractivity contribution in [2.45, 2.75) is 19.3 Å². The van der Waals surface area contributed by atoms with E-state index in [0.29, 0.717) is 6.92 Å². The van der Waals surface area contributed by atoms with Crippen molar-refractivity contribution in [1.29, 1.82) is 0 Å². The Kier molecular flexibility index (Phi) is 2.27. The lowest BCUT2D eigenvalue weighted by Crippen LogP contribution is -2.12. The molecule has 0 aromatic rings. The van der Waals surface area contributed by atoms with Crippen LogP contribution in [0.4, 0.5) is 8.78 Å². The SMILES string of the molecule is CC(F)(F)CC(=O)[S]. The first-order valence-electron chi connectivity index (χ1n) is 1.99. The summed E-state index contributed by atoms with van der Waals surface area (Å²) in [6.07, 6.45) is -0.831. The van der Waals surface area contributed by atoms with Gasteiger partial charge in [0.1, 0.15) is 0 Å². The van der Waals surface area contributed by atoms with Crippen molar-refractivity contribution in [3.8, 4) is 0 Å². The molecule has 0 heterocycles. The minimum Gasteiger partial charge on any atom is -0.282 e. The van der Waals surface area contributed by atoms with Crippen LogP contribution in [0.2, 0.25) is 0 Å². The number of halogens is 2. The molecule has 0 amide bonds. The van der Waals surface area contributed by atoms with Crippen LogP contribution < -0.4 is 0 Å². The van der Waals surface area contributed by atoms with Crippen molar-refractivity contribution >= 4 is 17.7 Å². The third-order valence-corrected chi connectivity index (χ3v) is 0.599. The van der Waals surface area contributed by atoms with Crippen LogP contribution in [-0.2, 0) is 4.79 Å². The Bertz CT molecular complexity index is 96.7. The van der Waals surface area contributed by atoms with Gasteiger partial charge in [-0.15, -0.1) is 0 Å². The summed E-state index contributed by atoms with van der Waals surface area (Å²) in [6.45, 7) is 0.664. The van der Waals surface area contributed by atoms with Crippen LogP contribution in [0.15, 0.2) is 0 Å². The van der Waals surface area contributed by atoms with Gasteiger partial charge in [0.2, 0.25) is 5.12 Å². The Labute approximate surface area is 51.5 Å². The molecule has 1 nitrogen and oxygen atoms in total. The van der Waals surface area contributed by atoms with E-state index in [9.17, 15) is 13.6 Å². The molecule has 0 aromatic carbocycles. The molecule has 0 N–H and O–H groups in total. The van der Waals surface area contributed by atoms with Crippen molar-refractivity contribution in [3.05, 3.63) is 0 Å². The first-order chi connectivity index (χ1) is 3.42. The Hall–Kier alpha value is -0.250. The summed E-state index contributed by atoms with van der Waals surface area (Å²) < 4.78 is 23.4. The summed E-state index contributed by atoms with van der Waals surface area (Å²) in [5, 5.41) is -0.891. The van der Waals surface area contributed by atoms with Crippen LogP contribution in [0.1, 0.15) is 13.3 Å². The van der Waals surface area contributed by atoms with E-state index in [4.69, 9.17) is 0 Å². The molecule has 8 heavy (non-hydrogen) atoms. The first-order valence-corrected chi connectivity index (χ1v) is 2.40. The van der Waals surface area contributed by atoms with Gasteiger partial charge in [-0.2, -0.15) is 0 Å². The van der Waals surface area contributed by atoms with Gasteiger partial charge in [0, 0.05) is 0 Å². The zero-order valence-corrected chi connectivity index (χ0v) is 5.10. The van der Waals surface area contributed by atoms with Crippen molar-refractivity contribution < 1.29 is 13.6 Å². The highest BCUT2D eigenvalue weighted by molar-refractivity contribution is 7.96. The maximum absolute atomic E-state index is 11.7. The normalized spacial score (nSPS) is 11.4. The zero-order valence-electron chi connectivity index (χ0n) is 4.28. The van der Waals surface area contributed by atoms with E-state index in [2.05, 4.69) is 12.6 Å². The van der Waals surface area contributed by atoms with Crippen LogP contribution in [0.5, 0.6) is 0 Å². The summed E-state index contributed by atoms with van der Waals surface area (Å²) in [5.74, 6) is -2.93. The van der Waals surface area contributed by atoms with Gasteiger partial charge in [-0.25, -0.2) is 8.78 Å². The first kappa shape index (κ1) is 7.75. The summed E-state index contributed by atoms with van der Waals surface area (Å²) in [6, 6.07) is 0. The molecule has 0 fully saturated rings. The Morgan fingerprint density at radius 3 is 2.12 bits per heavy atom. The van der Waals surface area contributed by atoms with Crippen LogP contribution in [-0.4, -0.2) is 11.0 Å². The minimum atomic E-state index is -2.93. The van der Waals surface area contributed by atoms with Crippen molar-refractivity contribution in [3.63, 3.8) is 0 Å². The molecular formula is C4H5F2OS. The molecule has 0 atom stereocenters. The quantitative estimate of drug-likeness (QED) is 0.569. The van der Waals surface area contributed by atoms with Gasteiger partial charge in [0.15, 0.2) is 0 Å². The molecular weight excluding hydrogens is 134 g/mol. The van der Waals surface area contributed by atoms with E-state index in [0.717, 1.165) is 0 Å². The van der Waals surface area contributed by atoms with Gasteiger partial charge < -0.3 is 0 Å². The average Bonchev–Trinajstić information content (AvgIpc) is 1.21. The predicted molar refractivity (Wildman–Crippen MR) is 27.8 cm³/mol. The molecule has 0 rings (SSSR count). The number of hydrogen-bond acceptors (Lipinski definition) is 1. The molecule has 1 radical (unpaired) electrons. The van der Waals surface area contributed by atoms with Gasteiger partial charge in [-0.05, 0) is 19.6 Å². The van der Waals surface area contributed by atoms with Gasteiger partial charge in [0.25, 0.3) is 5.92 Å². The molecule has 0 saturated carbocycles. The van der Waals surface area contributed by atoms with Crippen molar-refractivity contribution in [2.24, 2.45) is 0 Å². The lowest BCUT2D eigenvalue weighted by atomic mass is 10.3. The zero-order chi connectivity index (χ0) is 6.78. The lowest BCUT2D eigenvalue weighted by Gasteiger charge is -2.03. The smallest absolute Gasteiger partial charge is 0.253 e. The van der Waals surface area contributed by atoms with Crippen molar-refractivity contribution in [1.82, 2.24) is 0 Å². The Morgan fingerprint density at radius 1 is 1.75 bits per heavy atom. The third kappa shape index (κ3) is 5.75. The van der Waals surface area contributed by atoms with Crippen LogP contribution in [0, 0.1) is 0 Å². The molecule has 0 spiro atoms. The number of rotatable bonds is 2. The fourth-order valence-corrected chi connectivity index (χ4v) is 0.507. The van der Waals surface area contributed by atoms with E-state index in [1.807, 2.05) is 0 Å². The molecule has 4 heteroatoms. The van der Waals surface area contributed by atoms with Gasteiger partial charge >= 0.3 is 0 Å². The summed E-state index contributed by atoms with van der Waals surface area (Å²) in [7, 11) is 0. The number of alkyl halides is 2. The summed E-state index contributed by atoms with van der Waals surface area (Å²) >= 11 is 3.91. The fourth-order valence-electron chi connectivity index (χ4n) is 0.253. The molecule has 0 aliphatic heterocycles. The molecule has 47 valence electrons. The standard InChI is InChI=1S/C4H5F2OS/c1-4(5,6)2-3(7)8/h2H2,1H3. The largest absolute Gasteiger partial charge is 0.282 e. The van der Waals surface area contributed by atoms with E-state index in [-0.39, 0.29) is 0 Å². The Balaban J connectivity index is 3.55. The van der Waals surface area contributed by atoms with E-state index >= 15 is 0 Å². The maximum Gasteiger partial charge on any atom is 0.253 e. The van der Waals surface area contributed by atoms with Crippen LogP contribution >= 0.6 is 12.6 Å². The molecule has 0 aromatic heterocycles. The highest BCUT2D eigenvalue weighted by Gasteiger charge is 2.23. The van der Waals surface area contributed by atoms with Gasteiger partial charge in [-0.3, -0.25) is 4.79 Å². The van der Waals surface area contributed by atoms with Crippen LogP contribution in [0.25, 0.3) is 0 Å². The van der Waals surface area contributed by atoms with E-state index in [1.165, 1.54) is 0 Å². The molecule has 0 saturated heterocycles. The second-order valence-electron chi connectivity index (χ2n) is 1.62. The van der Waals surface area contributed by atoms with E-state index < -0.39 is 17.5 Å². The molecule has 0 aliphatic carbocycles. The molecule has 0 aliphatic rings. The average molecular weight is 139 g/mol. The number of carbonyl (C=O) groups is 1. The van der Waals surface area contributed by atoms with Crippen molar-refractivity contribution in [2.75, 3.05) is 0 Å². The highest BCUT2D eigenvalue weighted by Crippen LogP contribution is 2.17. The maximum atomic E-state index is 11.7. The van der Waals surface area contributed by atoms with E-state index in [1.54, 1.807) is 0 Å². The number of carbonyl (C=O) groups excluding carboxylic acids is 1. The fraction of sp³-hybridized carbons (Fsp3) is 0.750. The van der Waals surface area contributed by atoms with Gasteiger partial charge in [0.05, 0.1) is 6.42 Å².